The molecule has 2 rings (SSSR count). The molecule has 1 aromatic rings. The van der Waals surface area contributed by atoms with Gasteiger partial charge in [0.2, 0.25) is 0 Å². The standard InChI is InChI=1S/C13H19FN2/c1-13(10-14)6-8-16(9-7-13)12-4-2-11(15)3-5-12/h2-5H,6-10,15H2,1H3. The van der Waals surface area contributed by atoms with Gasteiger partial charge in [-0.25, -0.2) is 0 Å². The molecular formula is C13H19FN2. The molecule has 0 amide bonds. The summed E-state index contributed by atoms with van der Waals surface area (Å²) in [5.41, 5.74) is 7.52. The maximum absolute atomic E-state index is 12.8. The maximum Gasteiger partial charge on any atom is 0.0949 e. The number of piperidine rings is 1. The molecule has 1 heterocycles. The van der Waals surface area contributed by atoms with E-state index in [-0.39, 0.29) is 12.1 Å². The zero-order valence-electron chi connectivity index (χ0n) is 9.75. The number of rotatable bonds is 2. The predicted molar refractivity (Wildman–Crippen MR) is 66.4 cm³/mol. The van der Waals surface area contributed by atoms with Gasteiger partial charge in [0, 0.05) is 24.5 Å². The van der Waals surface area contributed by atoms with Crippen LogP contribution in [0.3, 0.4) is 0 Å². The fraction of sp³-hybridized carbons (Fsp3) is 0.538. The summed E-state index contributed by atoms with van der Waals surface area (Å²) in [6.45, 7) is 3.70. The van der Waals surface area contributed by atoms with Gasteiger partial charge in [-0.1, -0.05) is 6.92 Å². The van der Waals surface area contributed by atoms with Crippen LogP contribution >= 0.6 is 0 Å². The Morgan fingerprint density at radius 2 is 1.81 bits per heavy atom. The number of hydrogen-bond donors (Lipinski definition) is 1. The van der Waals surface area contributed by atoms with Crippen LogP contribution in [0.15, 0.2) is 24.3 Å². The van der Waals surface area contributed by atoms with Gasteiger partial charge in [-0.15, -0.1) is 0 Å². The molecule has 1 aliphatic rings. The van der Waals surface area contributed by atoms with Gasteiger partial charge in [0.05, 0.1) is 6.67 Å². The molecule has 88 valence electrons. The first-order chi connectivity index (χ1) is 7.63. The Morgan fingerprint density at radius 3 is 2.31 bits per heavy atom. The summed E-state index contributed by atoms with van der Waals surface area (Å²) in [5, 5.41) is 0. The second-order valence-electron chi connectivity index (χ2n) is 5.02. The smallest absolute Gasteiger partial charge is 0.0949 e. The van der Waals surface area contributed by atoms with Crippen molar-refractivity contribution in [2.24, 2.45) is 5.41 Å². The van der Waals surface area contributed by atoms with E-state index >= 15 is 0 Å². The zero-order chi connectivity index (χ0) is 11.6. The van der Waals surface area contributed by atoms with Crippen molar-refractivity contribution in [3.63, 3.8) is 0 Å². The molecule has 0 saturated carbocycles. The lowest BCUT2D eigenvalue weighted by Gasteiger charge is -2.38. The minimum Gasteiger partial charge on any atom is -0.399 e. The summed E-state index contributed by atoms with van der Waals surface area (Å²) in [6, 6.07) is 7.90. The Bertz CT molecular complexity index is 339. The Kier molecular flexibility index (Phi) is 3.03. The van der Waals surface area contributed by atoms with Crippen LogP contribution in [-0.4, -0.2) is 19.8 Å². The molecule has 0 aromatic heterocycles. The maximum atomic E-state index is 12.8. The minimum absolute atomic E-state index is 0.107. The first-order valence-corrected chi connectivity index (χ1v) is 5.79. The second kappa shape index (κ2) is 4.32. The topological polar surface area (TPSA) is 29.3 Å². The van der Waals surface area contributed by atoms with Gasteiger partial charge < -0.3 is 10.6 Å². The molecule has 2 N–H and O–H groups in total. The highest BCUT2D eigenvalue weighted by Crippen LogP contribution is 2.33. The van der Waals surface area contributed by atoms with Crippen molar-refractivity contribution in [3.05, 3.63) is 24.3 Å². The van der Waals surface area contributed by atoms with Crippen LogP contribution in [0.5, 0.6) is 0 Å². The molecule has 16 heavy (non-hydrogen) atoms. The monoisotopic (exact) mass is 222 g/mol. The van der Waals surface area contributed by atoms with Crippen LogP contribution in [0.25, 0.3) is 0 Å². The summed E-state index contributed by atoms with van der Waals surface area (Å²) >= 11 is 0. The molecule has 1 aliphatic heterocycles. The molecule has 0 aliphatic carbocycles. The third kappa shape index (κ3) is 2.29. The molecule has 1 fully saturated rings. The number of alkyl halides is 1. The summed E-state index contributed by atoms with van der Waals surface area (Å²) in [7, 11) is 0. The van der Waals surface area contributed by atoms with E-state index in [0.717, 1.165) is 31.6 Å². The highest BCUT2D eigenvalue weighted by Gasteiger charge is 2.29. The highest BCUT2D eigenvalue weighted by molar-refractivity contribution is 5.53. The Balaban J connectivity index is 2.01. The highest BCUT2D eigenvalue weighted by atomic mass is 19.1. The van der Waals surface area contributed by atoms with Crippen LogP contribution in [-0.2, 0) is 0 Å². The zero-order valence-corrected chi connectivity index (χ0v) is 9.75. The number of nitrogens with two attached hydrogens (primary N) is 1. The molecule has 2 nitrogen and oxygen atoms in total. The largest absolute Gasteiger partial charge is 0.399 e. The van der Waals surface area contributed by atoms with Crippen LogP contribution in [0.2, 0.25) is 0 Å². The van der Waals surface area contributed by atoms with Gasteiger partial charge in [0.1, 0.15) is 0 Å². The molecular weight excluding hydrogens is 203 g/mol. The minimum atomic E-state index is -0.206. The van der Waals surface area contributed by atoms with Crippen molar-refractivity contribution in [3.8, 4) is 0 Å². The lowest BCUT2D eigenvalue weighted by molar-refractivity contribution is 0.183. The van der Waals surface area contributed by atoms with E-state index in [4.69, 9.17) is 5.73 Å². The van der Waals surface area contributed by atoms with Crippen molar-refractivity contribution < 1.29 is 4.39 Å². The third-order valence-electron chi connectivity index (χ3n) is 3.55. The lowest BCUT2D eigenvalue weighted by Crippen LogP contribution is -2.39. The molecule has 3 heteroatoms. The van der Waals surface area contributed by atoms with Crippen molar-refractivity contribution in [2.45, 2.75) is 19.8 Å². The van der Waals surface area contributed by atoms with Gasteiger partial charge in [0.15, 0.2) is 0 Å². The van der Waals surface area contributed by atoms with Crippen molar-refractivity contribution in [2.75, 3.05) is 30.4 Å². The van der Waals surface area contributed by atoms with Crippen LogP contribution < -0.4 is 10.6 Å². The summed E-state index contributed by atoms with van der Waals surface area (Å²) < 4.78 is 12.8. The summed E-state index contributed by atoms with van der Waals surface area (Å²) in [4.78, 5) is 2.30. The number of benzene rings is 1. The number of nitrogen functional groups attached to an aromatic ring is 1. The molecule has 0 bridgehead atoms. The Morgan fingerprint density at radius 1 is 1.25 bits per heavy atom. The van der Waals surface area contributed by atoms with Gasteiger partial charge in [0.25, 0.3) is 0 Å². The average Bonchev–Trinajstić information content (AvgIpc) is 2.32. The van der Waals surface area contributed by atoms with E-state index in [2.05, 4.69) is 4.90 Å². The van der Waals surface area contributed by atoms with Gasteiger partial charge in [-0.2, -0.15) is 0 Å². The van der Waals surface area contributed by atoms with Crippen molar-refractivity contribution >= 4 is 11.4 Å². The van der Waals surface area contributed by atoms with Gasteiger partial charge >= 0.3 is 0 Å². The predicted octanol–water partition coefficient (Wildman–Crippen LogP) is 2.84. The van der Waals surface area contributed by atoms with Crippen LogP contribution in [0, 0.1) is 5.41 Å². The fourth-order valence-electron chi connectivity index (χ4n) is 2.12. The van der Waals surface area contributed by atoms with E-state index in [0.29, 0.717) is 0 Å². The van der Waals surface area contributed by atoms with E-state index in [9.17, 15) is 4.39 Å². The van der Waals surface area contributed by atoms with Crippen molar-refractivity contribution in [1.82, 2.24) is 0 Å². The van der Waals surface area contributed by atoms with E-state index in [1.54, 1.807) is 0 Å². The van der Waals surface area contributed by atoms with Gasteiger partial charge in [-0.05, 0) is 42.5 Å². The molecule has 0 radical (unpaired) electrons. The lowest BCUT2D eigenvalue weighted by atomic mass is 9.81. The number of nitrogens with zero attached hydrogens (tertiary/aromatic N) is 1. The summed E-state index contributed by atoms with van der Waals surface area (Å²) in [6.07, 6.45) is 1.85. The summed E-state index contributed by atoms with van der Waals surface area (Å²) in [5.74, 6) is 0. The second-order valence-corrected chi connectivity index (χ2v) is 5.02. The van der Waals surface area contributed by atoms with Crippen molar-refractivity contribution in [1.29, 1.82) is 0 Å². The first-order valence-electron chi connectivity index (χ1n) is 5.79. The number of hydrogen-bond acceptors (Lipinski definition) is 2. The molecule has 1 saturated heterocycles. The average molecular weight is 222 g/mol. The normalized spacial score (nSPS) is 19.8. The Labute approximate surface area is 96.2 Å². The third-order valence-corrected chi connectivity index (χ3v) is 3.55. The molecule has 0 atom stereocenters. The van der Waals surface area contributed by atoms with Gasteiger partial charge in [-0.3, -0.25) is 4.39 Å². The van der Waals surface area contributed by atoms with Crippen LogP contribution in [0.4, 0.5) is 15.8 Å². The van der Waals surface area contributed by atoms with E-state index in [1.807, 2.05) is 31.2 Å². The van der Waals surface area contributed by atoms with E-state index < -0.39 is 0 Å². The fourth-order valence-corrected chi connectivity index (χ4v) is 2.12. The molecule has 1 aromatic carbocycles. The quantitative estimate of drug-likeness (QED) is 0.780. The molecule has 0 unspecified atom stereocenters. The Hall–Kier alpha value is -1.25. The SMILES string of the molecule is CC1(CF)CCN(c2ccc(N)cc2)CC1. The first kappa shape index (κ1) is 11.2. The van der Waals surface area contributed by atoms with Crippen LogP contribution in [0.1, 0.15) is 19.8 Å². The number of halogens is 1. The van der Waals surface area contributed by atoms with E-state index in [1.165, 1.54) is 5.69 Å². The number of anilines is 2. The molecule has 0 spiro atoms.